The number of benzene rings is 1. The van der Waals surface area contributed by atoms with Gasteiger partial charge < -0.3 is 21.2 Å². The number of aromatic amines is 1. The molecule has 6 nitrogen and oxygen atoms in total. The number of rotatable bonds is 4. The largest absolute Gasteiger partial charge is 0.369 e. The lowest BCUT2D eigenvalue weighted by atomic mass is 9.83. The van der Waals surface area contributed by atoms with Gasteiger partial charge in [-0.15, -0.1) is 0 Å². The SMILES string of the molecule is NC(=O)COC1CCC(C(N)=O)c2c1[nH]c1ccccc21. The summed E-state index contributed by atoms with van der Waals surface area (Å²) in [6, 6.07) is 7.74. The lowest BCUT2D eigenvalue weighted by Crippen LogP contribution is -2.28. The predicted molar refractivity (Wildman–Crippen MR) is 77.4 cm³/mol. The van der Waals surface area contributed by atoms with Crippen LogP contribution in [0.3, 0.4) is 0 Å². The highest BCUT2D eigenvalue weighted by molar-refractivity contribution is 5.93. The normalized spacial score (nSPS) is 21.1. The molecule has 2 unspecified atom stereocenters. The molecule has 21 heavy (non-hydrogen) atoms. The molecule has 1 aliphatic carbocycles. The molecule has 0 aliphatic heterocycles. The van der Waals surface area contributed by atoms with Gasteiger partial charge in [0.15, 0.2) is 0 Å². The average Bonchev–Trinajstić information content (AvgIpc) is 2.84. The second-order valence-corrected chi connectivity index (χ2v) is 5.30. The molecular weight excluding hydrogens is 270 g/mol. The monoisotopic (exact) mass is 287 g/mol. The number of carbonyl (C=O) groups is 2. The molecular formula is C15H17N3O3. The van der Waals surface area contributed by atoms with Gasteiger partial charge >= 0.3 is 0 Å². The zero-order valence-electron chi connectivity index (χ0n) is 11.5. The van der Waals surface area contributed by atoms with Crippen molar-refractivity contribution in [1.82, 2.24) is 4.98 Å². The van der Waals surface area contributed by atoms with Crippen molar-refractivity contribution < 1.29 is 14.3 Å². The zero-order chi connectivity index (χ0) is 15.0. The number of nitrogens with two attached hydrogens (primary N) is 2. The minimum atomic E-state index is -0.510. The lowest BCUT2D eigenvalue weighted by molar-refractivity contribution is -0.126. The van der Waals surface area contributed by atoms with Crippen LogP contribution in [-0.2, 0) is 14.3 Å². The summed E-state index contributed by atoms with van der Waals surface area (Å²) in [7, 11) is 0. The first-order chi connectivity index (χ1) is 10.1. The van der Waals surface area contributed by atoms with Crippen molar-refractivity contribution in [1.29, 1.82) is 0 Å². The second-order valence-electron chi connectivity index (χ2n) is 5.30. The molecule has 0 radical (unpaired) electrons. The van der Waals surface area contributed by atoms with Gasteiger partial charge in [0.2, 0.25) is 11.8 Å². The average molecular weight is 287 g/mol. The van der Waals surface area contributed by atoms with E-state index in [1.54, 1.807) is 0 Å². The van der Waals surface area contributed by atoms with Crippen LogP contribution in [0.2, 0.25) is 0 Å². The van der Waals surface area contributed by atoms with Gasteiger partial charge in [0.05, 0.1) is 12.0 Å². The van der Waals surface area contributed by atoms with Gasteiger partial charge in [0.25, 0.3) is 0 Å². The van der Waals surface area contributed by atoms with E-state index in [2.05, 4.69) is 4.98 Å². The second kappa shape index (κ2) is 5.21. The van der Waals surface area contributed by atoms with E-state index in [4.69, 9.17) is 16.2 Å². The van der Waals surface area contributed by atoms with E-state index in [0.717, 1.165) is 22.2 Å². The molecule has 5 N–H and O–H groups in total. The Morgan fingerprint density at radius 1 is 1.24 bits per heavy atom. The van der Waals surface area contributed by atoms with Crippen molar-refractivity contribution in [3.05, 3.63) is 35.5 Å². The van der Waals surface area contributed by atoms with Gasteiger partial charge in [-0.25, -0.2) is 0 Å². The number of fused-ring (bicyclic) bond motifs is 3. The molecule has 0 fully saturated rings. The number of primary amides is 2. The summed E-state index contributed by atoms with van der Waals surface area (Å²) in [4.78, 5) is 25.9. The maximum atomic E-state index is 11.7. The van der Waals surface area contributed by atoms with E-state index < -0.39 is 5.91 Å². The van der Waals surface area contributed by atoms with E-state index >= 15 is 0 Å². The minimum absolute atomic E-state index is 0.138. The Labute approximate surface area is 121 Å². The summed E-state index contributed by atoms with van der Waals surface area (Å²) in [5.41, 5.74) is 13.3. The molecule has 2 amide bonds. The molecule has 0 spiro atoms. The summed E-state index contributed by atoms with van der Waals surface area (Å²) in [5, 5.41) is 0.976. The van der Waals surface area contributed by atoms with E-state index in [9.17, 15) is 9.59 Å². The Morgan fingerprint density at radius 3 is 2.71 bits per heavy atom. The summed E-state index contributed by atoms with van der Waals surface area (Å²) in [6.07, 6.45) is 0.962. The van der Waals surface area contributed by atoms with Gasteiger partial charge in [0.1, 0.15) is 6.61 Å². The molecule has 1 aromatic carbocycles. The highest BCUT2D eigenvalue weighted by Gasteiger charge is 2.34. The van der Waals surface area contributed by atoms with Crippen LogP contribution in [0.5, 0.6) is 0 Å². The van der Waals surface area contributed by atoms with Crippen LogP contribution in [0.25, 0.3) is 10.9 Å². The van der Waals surface area contributed by atoms with E-state index in [1.807, 2.05) is 24.3 Å². The molecule has 0 saturated carbocycles. The molecule has 0 bridgehead atoms. The Balaban J connectivity index is 2.07. The summed E-state index contributed by atoms with van der Waals surface area (Å²) < 4.78 is 5.57. The number of amides is 2. The van der Waals surface area contributed by atoms with E-state index in [1.165, 1.54) is 0 Å². The molecule has 2 atom stereocenters. The fraction of sp³-hybridized carbons (Fsp3) is 0.333. The number of hydrogen-bond donors (Lipinski definition) is 3. The molecule has 6 heteroatoms. The number of H-pyrrole nitrogens is 1. The third kappa shape index (κ3) is 2.38. The first-order valence-electron chi connectivity index (χ1n) is 6.87. The van der Waals surface area contributed by atoms with Crippen molar-refractivity contribution in [2.24, 2.45) is 11.5 Å². The number of ether oxygens (including phenoxy) is 1. The van der Waals surface area contributed by atoms with Gasteiger partial charge in [-0.1, -0.05) is 18.2 Å². The number of aromatic nitrogens is 1. The number of para-hydroxylation sites is 1. The molecule has 110 valence electrons. The van der Waals surface area contributed by atoms with Crippen molar-refractivity contribution in [3.8, 4) is 0 Å². The Morgan fingerprint density at radius 2 is 2.00 bits per heavy atom. The van der Waals surface area contributed by atoms with Gasteiger partial charge in [-0.3, -0.25) is 9.59 Å². The minimum Gasteiger partial charge on any atom is -0.369 e. The third-order valence-corrected chi connectivity index (χ3v) is 3.93. The van der Waals surface area contributed by atoms with Crippen LogP contribution in [0.4, 0.5) is 0 Å². The summed E-state index contributed by atoms with van der Waals surface area (Å²) >= 11 is 0. The Bertz CT molecular complexity index is 707. The standard InChI is InChI=1S/C15H17N3O3/c16-12(19)7-21-11-6-5-9(15(17)20)13-8-3-1-2-4-10(8)18-14(11)13/h1-4,9,11,18H,5-7H2,(H2,16,19)(H2,17,20). The van der Waals surface area contributed by atoms with Gasteiger partial charge in [-0.2, -0.15) is 0 Å². The molecule has 1 aromatic heterocycles. The highest BCUT2D eigenvalue weighted by atomic mass is 16.5. The van der Waals surface area contributed by atoms with Crippen LogP contribution in [0.15, 0.2) is 24.3 Å². The van der Waals surface area contributed by atoms with Crippen molar-refractivity contribution in [2.45, 2.75) is 24.9 Å². The van der Waals surface area contributed by atoms with Crippen LogP contribution in [0, 0.1) is 0 Å². The number of carbonyl (C=O) groups excluding carboxylic acids is 2. The van der Waals surface area contributed by atoms with Gasteiger partial charge in [0, 0.05) is 16.6 Å². The highest BCUT2D eigenvalue weighted by Crippen LogP contribution is 2.42. The number of nitrogens with one attached hydrogen (secondary N) is 1. The summed E-state index contributed by atoms with van der Waals surface area (Å²) in [6.45, 7) is -0.138. The van der Waals surface area contributed by atoms with Crippen LogP contribution < -0.4 is 11.5 Å². The van der Waals surface area contributed by atoms with Crippen LogP contribution in [-0.4, -0.2) is 23.4 Å². The first-order valence-corrected chi connectivity index (χ1v) is 6.87. The first kappa shape index (κ1) is 13.6. The number of hydrogen-bond acceptors (Lipinski definition) is 3. The lowest BCUT2D eigenvalue weighted by Gasteiger charge is -2.27. The summed E-state index contributed by atoms with van der Waals surface area (Å²) in [5.74, 6) is -1.18. The molecule has 1 aliphatic rings. The molecule has 3 rings (SSSR count). The van der Waals surface area contributed by atoms with Crippen molar-refractivity contribution in [2.75, 3.05) is 6.61 Å². The predicted octanol–water partition coefficient (Wildman–Crippen LogP) is 1.07. The topological polar surface area (TPSA) is 111 Å². The molecule has 2 aromatic rings. The van der Waals surface area contributed by atoms with Gasteiger partial charge in [-0.05, 0) is 24.5 Å². The Kier molecular flexibility index (Phi) is 3.39. The van der Waals surface area contributed by atoms with E-state index in [0.29, 0.717) is 12.8 Å². The smallest absolute Gasteiger partial charge is 0.243 e. The van der Waals surface area contributed by atoms with Crippen molar-refractivity contribution >= 4 is 22.7 Å². The molecule has 0 saturated heterocycles. The fourth-order valence-electron chi connectivity index (χ4n) is 3.05. The maximum Gasteiger partial charge on any atom is 0.243 e. The van der Waals surface area contributed by atoms with E-state index in [-0.39, 0.29) is 24.5 Å². The van der Waals surface area contributed by atoms with Crippen molar-refractivity contribution in [3.63, 3.8) is 0 Å². The van der Waals surface area contributed by atoms with Crippen LogP contribution in [0.1, 0.15) is 36.1 Å². The fourth-order valence-corrected chi connectivity index (χ4v) is 3.05. The zero-order valence-corrected chi connectivity index (χ0v) is 11.5. The van der Waals surface area contributed by atoms with Crippen LogP contribution >= 0.6 is 0 Å². The maximum absolute atomic E-state index is 11.7. The Hall–Kier alpha value is -2.34. The quantitative estimate of drug-likeness (QED) is 0.782. The molecule has 1 heterocycles. The third-order valence-electron chi connectivity index (χ3n) is 3.93.